The SMILES string of the molecule is CC1(C)CC[C@@]2(CCC3C4CCC5CC(C(=O)O)CCC5C4CC[C@@]32C)OC1=O. The predicted molar refractivity (Wildman–Crippen MR) is 110 cm³/mol. The number of carbonyl (C=O) groups excluding carboxylic acids is 1. The topological polar surface area (TPSA) is 63.6 Å². The van der Waals surface area contributed by atoms with Crippen LogP contribution in [-0.4, -0.2) is 22.6 Å². The Kier molecular flexibility index (Phi) is 4.43. The lowest BCUT2D eigenvalue weighted by Gasteiger charge is -2.59. The highest BCUT2D eigenvalue weighted by molar-refractivity contribution is 5.77. The second-order valence-corrected chi connectivity index (χ2v) is 12.0. The molecule has 0 bridgehead atoms. The summed E-state index contributed by atoms with van der Waals surface area (Å²) >= 11 is 0. The molecule has 5 rings (SSSR count). The predicted octanol–water partition coefficient (Wildman–Crippen LogP) is 5.44. The zero-order valence-corrected chi connectivity index (χ0v) is 18.4. The Labute approximate surface area is 175 Å². The van der Waals surface area contributed by atoms with Crippen LogP contribution < -0.4 is 0 Å². The van der Waals surface area contributed by atoms with Crippen molar-refractivity contribution in [2.45, 2.75) is 97.0 Å². The molecule has 1 aliphatic heterocycles. The lowest BCUT2D eigenvalue weighted by atomic mass is 9.48. The van der Waals surface area contributed by atoms with Crippen LogP contribution in [-0.2, 0) is 14.3 Å². The van der Waals surface area contributed by atoms with Crippen LogP contribution in [0.5, 0.6) is 0 Å². The zero-order chi connectivity index (χ0) is 20.6. The first-order valence-electron chi connectivity index (χ1n) is 12.1. The molecule has 162 valence electrons. The number of fused-ring (bicyclic) bond motifs is 6. The van der Waals surface area contributed by atoms with E-state index in [1.54, 1.807) is 0 Å². The van der Waals surface area contributed by atoms with Gasteiger partial charge in [0.25, 0.3) is 0 Å². The molecule has 4 nitrogen and oxygen atoms in total. The van der Waals surface area contributed by atoms with Crippen molar-refractivity contribution in [3.8, 4) is 0 Å². The number of ether oxygens (including phenoxy) is 1. The molecule has 0 radical (unpaired) electrons. The van der Waals surface area contributed by atoms with Crippen molar-refractivity contribution in [3.63, 3.8) is 0 Å². The van der Waals surface area contributed by atoms with Crippen LogP contribution in [0.1, 0.15) is 91.4 Å². The lowest BCUT2D eigenvalue weighted by Crippen LogP contribution is -2.58. The van der Waals surface area contributed by atoms with Gasteiger partial charge in [0.2, 0.25) is 0 Å². The van der Waals surface area contributed by atoms with E-state index in [0.717, 1.165) is 56.3 Å². The van der Waals surface area contributed by atoms with Crippen LogP contribution in [0.3, 0.4) is 0 Å². The molecule has 4 aliphatic carbocycles. The molecule has 29 heavy (non-hydrogen) atoms. The molecular weight excluding hydrogens is 364 g/mol. The molecule has 5 fully saturated rings. The quantitative estimate of drug-likeness (QED) is 0.593. The molecule has 8 atom stereocenters. The Morgan fingerprint density at radius 2 is 1.66 bits per heavy atom. The van der Waals surface area contributed by atoms with Crippen LogP contribution >= 0.6 is 0 Å². The van der Waals surface area contributed by atoms with Gasteiger partial charge in [0.1, 0.15) is 5.60 Å². The monoisotopic (exact) mass is 402 g/mol. The third kappa shape index (κ3) is 2.76. The number of rotatable bonds is 1. The number of carbonyl (C=O) groups is 2. The van der Waals surface area contributed by atoms with Crippen molar-refractivity contribution in [2.75, 3.05) is 0 Å². The molecule has 4 saturated carbocycles. The van der Waals surface area contributed by atoms with Crippen molar-refractivity contribution in [2.24, 2.45) is 46.3 Å². The average molecular weight is 403 g/mol. The van der Waals surface area contributed by atoms with Crippen molar-refractivity contribution < 1.29 is 19.4 Å². The summed E-state index contributed by atoms with van der Waals surface area (Å²) in [5.74, 6) is 2.88. The minimum atomic E-state index is -0.582. The van der Waals surface area contributed by atoms with Crippen LogP contribution in [0.15, 0.2) is 0 Å². The fourth-order valence-electron chi connectivity index (χ4n) is 8.73. The maximum atomic E-state index is 12.8. The van der Waals surface area contributed by atoms with Gasteiger partial charge in [0, 0.05) is 5.41 Å². The van der Waals surface area contributed by atoms with E-state index in [-0.39, 0.29) is 28.3 Å². The van der Waals surface area contributed by atoms with E-state index in [9.17, 15) is 14.7 Å². The molecule has 0 aromatic rings. The second kappa shape index (κ2) is 6.47. The Morgan fingerprint density at radius 3 is 2.38 bits per heavy atom. The van der Waals surface area contributed by atoms with Gasteiger partial charge in [-0.25, -0.2) is 0 Å². The lowest BCUT2D eigenvalue weighted by molar-refractivity contribution is -0.210. The van der Waals surface area contributed by atoms with Gasteiger partial charge in [-0.2, -0.15) is 0 Å². The third-order valence-electron chi connectivity index (χ3n) is 10.6. The molecule has 1 N–H and O–H groups in total. The summed E-state index contributed by atoms with van der Waals surface area (Å²) in [6, 6.07) is 0. The van der Waals surface area contributed by atoms with E-state index in [4.69, 9.17) is 4.74 Å². The van der Waals surface area contributed by atoms with Gasteiger partial charge in [0.15, 0.2) is 0 Å². The van der Waals surface area contributed by atoms with Crippen LogP contribution in [0.4, 0.5) is 0 Å². The molecule has 0 aromatic carbocycles. The minimum Gasteiger partial charge on any atom is -0.481 e. The highest BCUT2D eigenvalue weighted by atomic mass is 16.6. The first kappa shape index (κ1) is 19.9. The molecule has 1 saturated heterocycles. The molecule has 0 aromatic heterocycles. The van der Waals surface area contributed by atoms with E-state index in [0.29, 0.717) is 11.8 Å². The fraction of sp³-hybridized carbons (Fsp3) is 0.920. The summed E-state index contributed by atoms with van der Waals surface area (Å²) in [6.45, 7) is 6.51. The van der Waals surface area contributed by atoms with Gasteiger partial charge in [-0.05, 0) is 114 Å². The van der Waals surface area contributed by atoms with Crippen LogP contribution in [0.2, 0.25) is 0 Å². The zero-order valence-electron chi connectivity index (χ0n) is 18.4. The van der Waals surface area contributed by atoms with Gasteiger partial charge < -0.3 is 9.84 Å². The van der Waals surface area contributed by atoms with E-state index < -0.39 is 5.97 Å². The van der Waals surface area contributed by atoms with Crippen LogP contribution in [0, 0.1) is 46.3 Å². The van der Waals surface area contributed by atoms with Crippen molar-refractivity contribution in [1.82, 2.24) is 0 Å². The summed E-state index contributed by atoms with van der Waals surface area (Å²) in [4.78, 5) is 24.3. The Bertz CT molecular complexity index is 714. The Morgan fingerprint density at radius 1 is 0.897 bits per heavy atom. The highest BCUT2D eigenvalue weighted by Crippen LogP contribution is 2.68. The average Bonchev–Trinajstić information content (AvgIpc) is 2.97. The standard InChI is InChI=1S/C25H38O4/c1-23(2)12-13-25(29-22(23)28)11-9-20-19-7-4-15-14-16(21(26)27)5-6-17(15)18(19)8-10-24(20,25)3/h15-20H,4-14H2,1-3H3,(H,26,27)/t15?,16?,17?,18?,19?,20?,24-,25+/m0/s1. The van der Waals surface area contributed by atoms with E-state index >= 15 is 0 Å². The Hall–Kier alpha value is -1.06. The Balaban J connectivity index is 1.36. The number of esters is 1. The van der Waals surface area contributed by atoms with Crippen molar-refractivity contribution >= 4 is 11.9 Å². The van der Waals surface area contributed by atoms with Gasteiger partial charge >= 0.3 is 11.9 Å². The maximum absolute atomic E-state index is 12.8. The summed E-state index contributed by atoms with van der Waals surface area (Å²) < 4.78 is 6.35. The van der Waals surface area contributed by atoms with Gasteiger partial charge in [-0.1, -0.05) is 6.92 Å². The number of aliphatic carboxylic acids is 1. The number of carboxylic acids is 1. The van der Waals surface area contributed by atoms with Gasteiger partial charge in [-0.3, -0.25) is 9.59 Å². The van der Waals surface area contributed by atoms with E-state index in [2.05, 4.69) is 6.92 Å². The normalized spacial score (nSPS) is 50.9. The summed E-state index contributed by atoms with van der Waals surface area (Å²) in [5.41, 5.74) is -0.434. The molecule has 1 spiro atoms. The maximum Gasteiger partial charge on any atom is 0.312 e. The number of carboxylic acid groups (broad SMARTS) is 1. The van der Waals surface area contributed by atoms with Crippen LogP contribution in [0.25, 0.3) is 0 Å². The highest BCUT2D eigenvalue weighted by Gasteiger charge is 2.66. The molecule has 5 aliphatic rings. The van der Waals surface area contributed by atoms with E-state index in [1.165, 1.54) is 32.1 Å². The molecule has 0 amide bonds. The number of hydrogen-bond acceptors (Lipinski definition) is 3. The minimum absolute atomic E-state index is 0.0171. The van der Waals surface area contributed by atoms with E-state index in [1.807, 2.05) is 13.8 Å². The largest absolute Gasteiger partial charge is 0.481 e. The van der Waals surface area contributed by atoms with Crippen molar-refractivity contribution in [1.29, 1.82) is 0 Å². The summed E-state index contributed by atoms with van der Waals surface area (Å²) in [7, 11) is 0. The fourth-order valence-corrected chi connectivity index (χ4v) is 8.73. The summed E-state index contributed by atoms with van der Waals surface area (Å²) in [5, 5.41) is 9.48. The number of hydrogen-bond donors (Lipinski definition) is 1. The molecule has 4 heteroatoms. The molecular formula is C25H38O4. The molecule has 1 heterocycles. The van der Waals surface area contributed by atoms with Gasteiger partial charge in [-0.15, -0.1) is 0 Å². The van der Waals surface area contributed by atoms with Gasteiger partial charge in [0.05, 0.1) is 11.3 Å². The first-order chi connectivity index (χ1) is 13.7. The summed E-state index contributed by atoms with van der Waals surface area (Å²) in [6.07, 6.45) is 12.0. The molecule has 6 unspecified atom stereocenters. The van der Waals surface area contributed by atoms with Crippen molar-refractivity contribution in [3.05, 3.63) is 0 Å². The first-order valence-corrected chi connectivity index (χ1v) is 12.1. The third-order valence-corrected chi connectivity index (χ3v) is 10.6. The smallest absolute Gasteiger partial charge is 0.312 e. The second-order valence-electron chi connectivity index (χ2n) is 12.0.